The van der Waals surface area contributed by atoms with Gasteiger partial charge >= 0.3 is 5.66 Å². The molecule has 3 saturated heterocycles. The summed E-state index contributed by atoms with van der Waals surface area (Å²) in [5.41, 5.74) is -2.62. The van der Waals surface area contributed by atoms with Crippen LogP contribution in [0.25, 0.3) is 10.1 Å². The number of nitrogens with zero attached hydrogens (tertiary/aromatic N) is 2. The summed E-state index contributed by atoms with van der Waals surface area (Å²) in [4.78, 5) is 58.9. The van der Waals surface area contributed by atoms with Crippen LogP contribution >= 0.6 is 19.7 Å². The maximum Gasteiger partial charge on any atom is 0.339 e. The summed E-state index contributed by atoms with van der Waals surface area (Å²) in [5.74, 6) is 0.123. The molecule has 0 radical (unpaired) electrons. The topological polar surface area (TPSA) is 110 Å². The Balaban J connectivity index is 0.000000212. The SMILES string of the molecule is CC.O=C(NC1CCCCC2CCCN2C1=O)c1cc2cc(C(F)(F)P(O)O)ccc2s1.O=CN1CC(c2ccccc2)CC12CC2. The van der Waals surface area contributed by atoms with E-state index in [1.54, 1.807) is 0 Å². The fourth-order valence-corrected chi connectivity index (χ4v) is 8.43. The Hall–Kier alpha value is -2.98. The van der Waals surface area contributed by atoms with Gasteiger partial charge in [-0.15, -0.1) is 11.3 Å². The Morgan fingerprint density at radius 3 is 2.40 bits per heavy atom. The minimum absolute atomic E-state index is 0.0344. The summed E-state index contributed by atoms with van der Waals surface area (Å²) in [6.07, 6.45) is 10.1. The summed E-state index contributed by atoms with van der Waals surface area (Å²) in [6.45, 7) is 5.64. The highest BCUT2D eigenvalue weighted by atomic mass is 32.1. The van der Waals surface area contributed by atoms with Gasteiger partial charge < -0.3 is 24.9 Å². The number of likely N-dealkylation sites (tertiary alicyclic amines) is 1. The maximum atomic E-state index is 13.9. The molecule has 1 aliphatic carbocycles. The standard InChI is InChI=1S/C20H23F2N2O4PS.C13H15NO.C2H6/c21-20(22,29(27)28)13-7-8-16-12(10-13)11-17(30-16)18(25)23-15-6-2-1-4-14-5-3-9-24(14)19(15)26;15-10-14-9-12(8-13(14)6-7-13)11-4-2-1-3-5-11;1-2/h7-8,10-11,14-15,27-28H,1-6,9H2,(H,23,25);1-5,10,12H,6-9H2;1-2H3. The number of thiophene rings is 1. The third kappa shape index (κ3) is 7.69. The largest absolute Gasteiger partial charge is 0.346 e. The molecule has 2 aromatic carbocycles. The van der Waals surface area contributed by atoms with Crippen LogP contribution in [-0.4, -0.2) is 68.5 Å². The van der Waals surface area contributed by atoms with Gasteiger partial charge in [0.2, 0.25) is 20.7 Å². The molecule has 4 heterocycles. The number of benzene rings is 2. The number of hydrogen-bond donors (Lipinski definition) is 3. The van der Waals surface area contributed by atoms with Crippen molar-refractivity contribution in [3.05, 3.63) is 70.6 Å². The molecule has 0 bridgehead atoms. The maximum absolute atomic E-state index is 13.9. The lowest BCUT2D eigenvalue weighted by Crippen LogP contribution is -2.50. The lowest BCUT2D eigenvalue weighted by molar-refractivity contribution is -0.135. The van der Waals surface area contributed by atoms with E-state index >= 15 is 0 Å². The Morgan fingerprint density at radius 2 is 1.74 bits per heavy atom. The van der Waals surface area contributed by atoms with Crippen LogP contribution in [0.3, 0.4) is 0 Å². The number of halogens is 2. The molecule has 3 unspecified atom stereocenters. The number of fused-ring (bicyclic) bond motifs is 2. The van der Waals surface area contributed by atoms with Gasteiger partial charge in [0.05, 0.1) is 4.88 Å². The van der Waals surface area contributed by atoms with E-state index in [1.807, 2.05) is 29.7 Å². The van der Waals surface area contributed by atoms with Gasteiger partial charge in [-0.3, -0.25) is 14.4 Å². The molecule has 3 aliphatic heterocycles. The van der Waals surface area contributed by atoms with Crippen LogP contribution < -0.4 is 5.32 Å². The highest BCUT2D eigenvalue weighted by Gasteiger charge is 2.53. The van der Waals surface area contributed by atoms with Gasteiger partial charge in [-0.25, -0.2) is 0 Å². The van der Waals surface area contributed by atoms with E-state index < -0.39 is 31.6 Å². The lowest BCUT2D eigenvalue weighted by Gasteiger charge is -2.31. The number of alkyl halides is 2. The summed E-state index contributed by atoms with van der Waals surface area (Å²) < 4.78 is 28.5. The number of carbonyl (C=O) groups is 3. The second-order valence-corrected chi connectivity index (χ2v) is 14.9. The van der Waals surface area contributed by atoms with Crippen molar-refractivity contribution >= 4 is 48.0 Å². The predicted molar refractivity (Wildman–Crippen MR) is 181 cm³/mol. The van der Waals surface area contributed by atoms with Crippen molar-refractivity contribution in [2.45, 2.75) is 101 Å². The smallest absolute Gasteiger partial charge is 0.339 e. The molecule has 1 aromatic heterocycles. The van der Waals surface area contributed by atoms with Gasteiger partial charge in [-0.05, 0) is 74.1 Å². The van der Waals surface area contributed by atoms with Crippen LogP contribution in [0.5, 0.6) is 0 Å². The minimum Gasteiger partial charge on any atom is -0.346 e. The van der Waals surface area contributed by atoms with E-state index in [1.165, 1.54) is 36.6 Å². The van der Waals surface area contributed by atoms with Crippen molar-refractivity contribution < 1.29 is 33.0 Å². The van der Waals surface area contributed by atoms with E-state index in [0.29, 0.717) is 27.3 Å². The zero-order valence-corrected chi connectivity index (χ0v) is 28.6. The fourth-order valence-electron chi connectivity index (χ4n) is 7.11. The number of amides is 3. The number of nitrogens with one attached hydrogen (secondary N) is 1. The third-order valence-electron chi connectivity index (χ3n) is 9.76. The summed E-state index contributed by atoms with van der Waals surface area (Å²) >= 11 is 1.15. The van der Waals surface area contributed by atoms with Crippen LogP contribution in [0.4, 0.5) is 8.78 Å². The quantitative estimate of drug-likeness (QED) is 0.189. The van der Waals surface area contributed by atoms with Crippen LogP contribution in [0, 0.1) is 0 Å². The van der Waals surface area contributed by atoms with Crippen LogP contribution in [-0.2, 0) is 15.3 Å². The molecule has 7 rings (SSSR count). The van der Waals surface area contributed by atoms with Crippen molar-refractivity contribution in [1.29, 1.82) is 0 Å². The Bertz CT molecular complexity index is 1550. The molecule has 1 saturated carbocycles. The highest BCUT2D eigenvalue weighted by molar-refractivity contribution is 7.46. The lowest BCUT2D eigenvalue weighted by atomic mass is 9.96. The number of hydrogen-bond acceptors (Lipinski definition) is 6. The first kappa shape index (κ1) is 35.3. The average molecular weight is 688 g/mol. The average Bonchev–Trinajstić information content (AvgIpc) is 3.39. The molecule has 8 nitrogen and oxygen atoms in total. The zero-order chi connectivity index (χ0) is 33.8. The van der Waals surface area contributed by atoms with Crippen molar-refractivity contribution in [3.63, 3.8) is 0 Å². The van der Waals surface area contributed by atoms with Gasteiger partial charge in [-0.2, -0.15) is 8.78 Å². The van der Waals surface area contributed by atoms with Crippen molar-refractivity contribution in [2.24, 2.45) is 0 Å². The highest BCUT2D eigenvalue weighted by Crippen LogP contribution is 2.54. The first-order valence-electron chi connectivity index (χ1n) is 16.6. The molecule has 3 N–H and O–H groups in total. The van der Waals surface area contributed by atoms with E-state index in [2.05, 4.69) is 29.6 Å². The van der Waals surface area contributed by atoms with Crippen LogP contribution in [0.1, 0.15) is 98.4 Å². The van der Waals surface area contributed by atoms with E-state index in [0.717, 1.165) is 75.4 Å². The molecule has 3 amide bonds. The van der Waals surface area contributed by atoms with Gasteiger partial charge in [0.25, 0.3) is 5.91 Å². The molecule has 4 fully saturated rings. The monoisotopic (exact) mass is 687 g/mol. The van der Waals surface area contributed by atoms with E-state index in [-0.39, 0.29) is 17.5 Å². The van der Waals surface area contributed by atoms with Gasteiger partial charge in [-0.1, -0.05) is 63.1 Å². The van der Waals surface area contributed by atoms with Crippen molar-refractivity contribution in [3.8, 4) is 0 Å². The van der Waals surface area contributed by atoms with Gasteiger partial charge in [0.1, 0.15) is 6.04 Å². The molecule has 254 valence electrons. The van der Waals surface area contributed by atoms with Crippen LogP contribution in [0.2, 0.25) is 0 Å². The second kappa shape index (κ2) is 15.1. The minimum atomic E-state index is -3.74. The predicted octanol–water partition coefficient (Wildman–Crippen LogP) is 7.10. The van der Waals surface area contributed by atoms with Gasteiger partial charge in [0.15, 0.2) is 0 Å². The normalized spacial score (nSPS) is 23.3. The Morgan fingerprint density at radius 1 is 1.04 bits per heavy atom. The summed E-state index contributed by atoms with van der Waals surface area (Å²) in [5, 5.41) is 3.26. The van der Waals surface area contributed by atoms with E-state index in [4.69, 9.17) is 9.79 Å². The van der Waals surface area contributed by atoms with Crippen molar-refractivity contribution in [2.75, 3.05) is 13.1 Å². The van der Waals surface area contributed by atoms with Crippen LogP contribution in [0.15, 0.2) is 54.6 Å². The first-order chi connectivity index (χ1) is 22.6. The molecular weight excluding hydrogens is 643 g/mol. The molecule has 12 heteroatoms. The van der Waals surface area contributed by atoms with Crippen molar-refractivity contribution in [1.82, 2.24) is 15.1 Å². The molecule has 4 aliphatic rings. The first-order valence-corrected chi connectivity index (χ1v) is 18.7. The molecular formula is C35H44F2N3O5PS. The number of rotatable bonds is 6. The van der Waals surface area contributed by atoms with E-state index in [9.17, 15) is 23.2 Å². The Labute approximate surface area is 280 Å². The molecule has 3 atom stereocenters. The fraction of sp³-hybridized carbons (Fsp3) is 0.514. The second-order valence-electron chi connectivity index (χ2n) is 12.6. The van der Waals surface area contributed by atoms with Gasteiger partial charge in [0, 0.05) is 40.9 Å². The zero-order valence-electron chi connectivity index (χ0n) is 26.9. The molecule has 3 aromatic rings. The number of carbonyl (C=O) groups excluding carboxylic acids is 3. The molecule has 47 heavy (non-hydrogen) atoms. The summed E-state index contributed by atoms with van der Waals surface area (Å²) in [6, 6.07) is 15.5. The third-order valence-corrected chi connectivity index (χ3v) is 11.6. The Kier molecular flexibility index (Phi) is 11.3. The molecule has 1 spiro atoms. The summed E-state index contributed by atoms with van der Waals surface area (Å²) in [7, 11) is -3.46.